The van der Waals surface area contributed by atoms with Crippen LogP contribution in [0.3, 0.4) is 0 Å². The SMILES string of the molecule is CN1CCCC1CNC(=O)Nc1ccccc1C(F)(F)F. The van der Waals surface area contributed by atoms with Gasteiger partial charge in [0.05, 0.1) is 11.3 Å². The van der Waals surface area contributed by atoms with Crippen LogP contribution in [0.25, 0.3) is 0 Å². The number of nitrogens with one attached hydrogen (secondary N) is 2. The maximum atomic E-state index is 12.8. The lowest BCUT2D eigenvalue weighted by Crippen LogP contribution is -2.40. The van der Waals surface area contributed by atoms with E-state index in [1.165, 1.54) is 18.2 Å². The number of rotatable bonds is 3. The molecule has 2 N–H and O–H groups in total. The minimum absolute atomic E-state index is 0.234. The van der Waals surface area contributed by atoms with E-state index in [1.54, 1.807) is 0 Å². The van der Waals surface area contributed by atoms with Crippen molar-refractivity contribution in [2.24, 2.45) is 0 Å². The van der Waals surface area contributed by atoms with Gasteiger partial charge in [-0.1, -0.05) is 12.1 Å². The van der Waals surface area contributed by atoms with E-state index in [-0.39, 0.29) is 11.7 Å². The van der Waals surface area contributed by atoms with E-state index in [2.05, 4.69) is 15.5 Å². The first-order valence-electron chi connectivity index (χ1n) is 6.79. The number of hydrogen-bond donors (Lipinski definition) is 2. The van der Waals surface area contributed by atoms with Crippen molar-refractivity contribution in [3.63, 3.8) is 0 Å². The first kappa shape index (κ1) is 15.6. The van der Waals surface area contributed by atoms with Crippen LogP contribution in [-0.4, -0.2) is 37.1 Å². The molecule has 116 valence electrons. The molecule has 0 radical (unpaired) electrons. The van der Waals surface area contributed by atoms with Crippen LogP contribution in [0, 0.1) is 0 Å². The third-order valence-corrected chi connectivity index (χ3v) is 3.65. The number of likely N-dealkylation sites (N-methyl/N-ethyl adjacent to an activating group) is 1. The molecule has 1 aliphatic heterocycles. The topological polar surface area (TPSA) is 44.4 Å². The highest BCUT2D eigenvalue weighted by atomic mass is 19.4. The second kappa shape index (κ2) is 6.34. The van der Waals surface area contributed by atoms with Gasteiger partial charge >= 0.3 is 12.2 Å². The molecule has 2 amide bonds. The van der Waals surface area contributed by atoms with E-state index < -0.39 is 17.8 Å². The molecule has 0 aromatic heterocycles. The van der Waals surface area contributed by atoms with Crippen LogP contribution in [0.2, 0.25) is 0 Å². The van der Waals surface area contributed by atoms with Crippen molar-refractivity contribution in [2.75, 3.05) is 25.5 Å². The zero-order valence-corrected chi connectivity index (χ0v) is 11.7. The van der Waals surface area contributed by atoms with Gasteiger partial charge in [-0.25, -0.2) is 4.79 Å². The summed E-state index contributed by atoms with van der Waals surface area (Å²) in [5, 5.41) is 4.89. The van der Waals surface area contributed by atoms with E-state index >= 15 is 0 Å². The third-order valence-electron chi connectivity index (χ3n) is 3.65. The molecule has 1 atom stereocenters. The minimum Gasteiger partial charge on any atom is -0.336 e. The molecule has 0 bridgehead atoms. The number of urea groups is 1. The Bertz CT molecular complexity index is 504. The highest BCUT2D eigenvalue weighted by Crippen LogP contribution is 2.34. The molecular formula is C14H18F3N3O. The molecule has 1 aliphatic rings. The highest BCUT2D eigenvalue weighted by molar-refractivity contribution is 5.90. The molecular weight excluding hydrogens is 283 g/mol. The Hall–Kier alpha value is -1.76. The van der Waals surface area contributed by atoms with E-state index in [0.29, 0.717) is 6.54 Å². The molecule has 1 aromatic rings. The molecule has 0 spiro atoms. The van der Waals surface area contributed by atoms with Gasteiger partial charge in [0.2, 0.25) is 0 Å². The van der Waals surface area contributed by atoms with Gasteiger partial charge < -0.3 is 15.5 Å². The lowest BCUT2D eigenvalue weighted by Gasteiger charge is -2.20. The van der Waals surface area contributed by atoms with Gasteiger partial charge in [0.1, 0.15) is 0 Å². The van der Waals surface area contributed by atoms with Crippen LogP contribution in [0.15, 0.2) is 24.3 Å². The highest BCUT2D eigenvalue weighted by Gasteiger charge is 2.33. The Morgan fingerprint density at radius 2 is 2.10 bits per heavy atom. The van der Waals surface area contributed by atoms with Gasteiger partial charge in [0.15, 0.2) is 0 Å². The van der Waals surface area contributed by atoms with Crippen LogP contribution < -0.4 is 10.6 Å². The lowest BCUT2D eigenvalue weighted by atomic mass is 10.1. The van der Waals surface area contributed by atoms with Gasteiger partial charge in [-0.3, -0.25) is 0 Å². The van der Waals surface area contributed by atoms with Crippen molar-refractivity contribution in [3.05, 3.63) is 29.8 Å². The summed E-state index contributed by atoms with van der Waals surface area (Å²) in [7, 11) is 1.97. The Kier molecular flexibility index (Phi) is 4.72. The number of nitrogens with zero attached hydrogens (tertiary/aromatic N) is 1. The van der Waals surface area contributed by atoms with E-state index in [4.69, 9.17) is 0 Å². The van der Waals surface area contributed by atoms with Gasteiger partial charge in [0.25, 0.3) is 0 Å². The number of halogens is 3. The third kappa shape index (κ3) is 4.10. The number of amides is 2. The number of benzene rings is 1. The maximum absolute atomic E-state index is 12.8. The van der Waals surface area contributed by atoms with E-state index in [9.17, 15) is 18.0 Å². The van der Waals surface area contributed by atoms with Crippen molar-refractivity contribution in [2.45, 2.75) is 25.1 Å². The molecule has 1 heterocycles. The average Bonchev–Trinajstić information content (AvgIpc) is 2.81. The smallest absolute Gasteiger partial charge is 0.336 e. The van der Waals surface area contributed by atoms with Crippen molar-refractivity contribution in [1.29, 1.82) is 0 Å². The number of alkyl halides is 3. The predicted octanol–water partition coefficient (Wildman–Crippen LogP) is 2.92. The van der Waals surface area contributed by atoms with Gasteiger partial charge in [-0.15, -0.1) is 0 Å². The summed E-state index contributed by atoms with van der Waals surface area (Å²) in [5.74, 6) is 0. The molecule has 2 rings (SSSR count). The second-order valence-electron chi connectivity index (χ2n) is 5.16. The molecule has 1 aromatic carbocycles. The average molecular weight is 301 g/mol. The van der Waals surface area contributed by atoms with Gasteiger partial charge in [0, 0.05) is 12.6 Å². The number of para-hydroxylation sites is 1. The van der Waals surface area contributed by atoms with E-state index in [1.807, 2.05) is 7.05 Å². The fourth-order valence-corrected chi connectivity index (χ4v) is 2.45. The van der Waals surface area contributed by atoms with Crippen LogP contribution in [-0.2, 0) is 6.18 Å². The van der Waals surface area contributed by atoms with Crippen LogP contribution in [0.4, 0.5) is 23.7 Å². The summed E-state index contributed by atoms with van der Waals surface area (Å²) in [5.41, 5.74) is -1.08. The predicted molar refractivity (Wildman–Crippen MR) is 74.1 cm³/mol. The van der Waals surface area contributed by atoms with Crippen LogP contribution >= 0.6 is 0 Å². The van der Waals surface area contributed by atoms with Crippen molar-refractivity contribution >= 4 is 11.7 Å². The molecule has 21 heavy (non-hydrogen) atoms. The summed E-state index contributed by atoms with van der Waals surface area (Å²) in [6.07, 6.45) is -2.44. The molecule has 4 nitrogen and oxygen atoms in total. The number of anilines is 1. The molecule has 1 fully saturated rings. The first-order chi connectivity index (χ1) is 9.88. The molecule has 1 unspecified atom stereocenters. The fourth-order valence-electron chi connectivity index (χ4n) is 2.45. The Morgan fingerprint density at radius 3 is 2.71 bits per heavy atom. The molecule has 0 saturated carbocycles. The number of likely N-dealkylation sites (tertiary alicyclic amines) is 1. The van der Waals surface area contributed by atoms with Gasteiger partial charge in [-0.05, 0) is 38.6 Å². The van der Waals surface area contributed by atoms with Crippen molar-refractivity contribution in [3.8, 4) is 0 Å². The second-order valence-corrected chi connectivity index (χ2v) is 5.16. The summed E-state index contributed by atoms with van der Waals surface area (Å²) < 4.78 is 38.4. The molecule has 0 aliphatic carbocycles. The number of hydrogen-bond acceptors (Lipinski definition) is 2. The summed E-state index contributed by atoms with van der Waals surface area (Å²) in [6.45, 7) is 1.40. The Labute approximate surface area is 121 Å². The summed E-state index contributed by atoms with van der Waals surface area (Å²) in [4.78, 5) is 13.9. The summed E-state index contributed by atoms with van der Waals surface area (Å²) in [6, 6.07) is 4.56. The standard InChI is InChI=1S/C14H18F3N3O/c1-20-8-4-5-10(20)9-18-13(21)19-12-7-3-2-6-11(12)14(15,16)17/h2-3,6-7,10H,4-5,8-9H2,1H3,(H2,18,19,21). The van der Waals surface area contributed by atoms with Crippen molar-refractivity contribution < 1.29 is 18.0 Å². The van der Waals surface area contributed by atoms with Crippen molar-refractivity contribution in [1.82, 2.24) is 10.2 Å². The Morgan fingerprint density at radius 1 is 1.38 bits per heavy atom. The Balaban J connectivity index is 1.94. The first-order valence-corrected chi connectivity index (χ1v) is 6.79. The van der Waals surface area contributed by atoms with Gasteiger partial charge in [-0.2, -0.15) is 13.2 Å². The number of carbonyl (C=O) groups excluding carboxylic acids is 1. The zero-order valence-electron chi connectivity index (χ0n) is 11.7. The molecule has 1 saturated heterocycles. The van der Waals surface area contributed by atoms with Crippen LogP contribution in [0.1, 0.15) is 18.4 Å². The van der Waals surface area contributed by atoms with E-state index in [0.717, 1.165) is 25.5 Å². The zero-order chi connectivity index (χ0) is 15.5. The maximum Gasteiger partial charge on any atom is 0.418 e. The summed E-state index contributed by atoms with van der Waals surface area (Å²) >= 11 is 0. The van der Waals surface area contributed by atoms with Crippen LogP contribution in [0.5, 0.6) is 0 Å². The number of carbonyl (C=O) groups is 1. The monoisotopic (exact) mass is 301 g/mol. The quantitative estimate of drug-likeness (QED) is 0.901. The normalized spacial score (nSPS) is 19.5. The largest absolute Gasteiger partial charge is 0.418 e. The fraction of sp³-hybridized carbons (Fsp3) is 0.500. The molecule has 7 heteroatoms. The lowest BCUT2D eigenvalue weighted by molar-refractivity contribution is -0.136. The minimum atomic E-state index is -4.49.